The SMILES string of the molecule is CN(c1ccc(N(c2ccccc2)c2cccc3ccccc23)cc1)c1cccc([N+](=O)[O-])c1. The number of anilines is 5. The molecule has 0 aliphatic heterocycles. The zero-order valence-corrected chi connectivity index (χ0v) is 18.7. The molecule has 0 saturated heterocycles. The van der Waals surface area contributed by atoms with E-state index in [4.69, 9.17) is 0 Å². The highest BCUT2D eigenvalue weighted by Crippen LogP contribution is 2.39. The Morgan fingerprint density at radius 2 is 1.21 bits per heavy atom. The van der Waals surface area contributed by atoms with E-state index in [1.54, 1.807) is 12.1 Å². The van der Waals surface area contributed by atoms with Gasteiger partial charge in [0.05, 0.1) is 10.6 Å². The van der Waals surface area contributed by atoms with Gasteiger partial charge in [-0.25, -0.2) is 0 Å². The second kappa shape index (κ2) is 9.08. The Labute approximate surface area is 198 Å². The summed E-state index contributed by atoms with van der Waals surface area (Å²) in [4.78, 5) is 15.0. The van der Waals surface area contributed by atoms with E-state index in [2.05, 4.69) is 71.6 Å². The Hall–Kier alpha value is -4.64. The summed E-state index contributed by atoms with van der Waals surface area (Å²) in [6.45, 7) is 0. The highest BCUT2D eigenvalue weighted by atomic mass is 16.6. The summed E-state index contributed by atoms with van der Waals surface area (Å²) in [7, 11) is 1.91. The molecule has 0 aliphatic carbocycles. The van der Waals surface area contributed by atoms with Gasteiger partial charge < -0.3 is 9.80 Å². The summed E-state index contributed by atoms with van der Waals surface area (Å²) in [5.41, 5.74) is 4.97. The van der Waals surface area contributed by atoms with E-state index in [1.807, 2.05) is 48.3 Å². The zero-order chi connectivity index (χ0) is 23.5. The standard InChI is InChI=1S/C29H23N3O2/c1-30(26-13-8-14-27(21-26)32(33)34)23-17-19-25(20-18-23)31(24-11-3-2-4-12-24)29-16-7-10-22-9-5-6-15-28(22)29/h2-21H,1H3. The van der Waals surface area contributed by atoms with Crippen molar-refractivity contribution in [3.63, 3.8) is 0 Å². The molecule has 0 heterocycles. The Morgan fingerprint density at radius 3 is 1.97 bits per heavy atom. The zero-order valence-electron chi connectivity index (χ0n) is 18.7. The van der Waals surface area contributed by atoms with Crippen LogP contribution in [0, 0.1) is 10.1 Å². The number of nitro groups is 1. The molecular formula is C29H23N3O2. The molecule has 0 aliphatic rings. The molecular weight excluding hydrogens is 422 g/mol. The fraction of sp³-hybridized carbons (Fsp3) is 0.0345. The Morgan fingerprint density at radius 1 is 0.618 bits per heavy atom. The van der Waals surface area contributed by atoms with E-state index in [0.29, 0.717) is 0 Å². The Balaban J connectivity index is 1.56. The van der Waals surface area contributed by atoms with Gasteiger partial charge in [-0.2, -0.15) is 0 Å². The third kappa shape index (κ3) is 4.07. The molecule has 0 amide bonds. The molecule has 0 aromatic heterocycles. The van der Waals surface area contributed by atoms with Crippen LogP contribution in [0.25, 0.3) is 10.8 Å². The summed E-state index contributed by atoms with van der Waals surface area (Å²) >= 11 is 0. The maximum atomic E-state index is 11.2. The fourth-order valence-corrected chi connectivity index (χ4v) is 4.20. The molecule has 0 bridgehead atoms. The molecule has 166 valence electrons. The molecule has 5 nitrogen and oxygen atoms in total. The number of nitrogens with zero attached hydrogens (tertiary/aromatic N) is 3. The second-order valence-electron chi connectivity index (χ2n) is 8.02. The van der Waals surface area contributed by atoms with Crippen molar-refractivity contribution < 1.29 is 4.92 Å². The normalized spacial score (nSPS) is 10.7. The predicted octanol–water partition coefficient (Wildman–Crippen LogP) is 7.99. The largest absolute Gasteiger partial charge is 0.344 e. The number of benzene rings is 5. The van der Waals surface area contributed by atoms with Gasteiger partial charge in [-0.05, 0) is 53.9 Å². The van der Waals surface area contributed by atoms with Gasteiger partial charge in [0.15, 0.2) is 0 Å². The summed E-state index contributed by atoms with van der Waals surface area (Å²) in [5.74, 6) is 0. The monoisotopic (exact) mass is 445 g/mol. The molecule has 34 heavy (non-hydrogen) atoms. The molecule has 0 atom stereocenters. The molecule has 5 aromatic carbocycles. The summed E-state index contributed by atoms with van der Waals surface area (Å²) < 4.78 is 0. The van der Waals surface area contributed by atoms with Gasteiger partial charge in [-0.15, -0.1) is 0 Å². The number of fused-ring (bicyclic) bond motifs is 1. The van der Waals surface area contributed by atoms with Crippen molar-refractivity contribution in [2.45, 2.75) is 0 Å². The maximum absolute atomic E-state index is 11.2. The number of hydrogen-bond acceptors (Lipinski definition) is 4. The number of rotatable bonds is 6. The van der Waals surface area contributed by atoms with Crippen molar-refractivity contribution in [1.29, 1.82) is 0 Å². The molecule has 0 radical (unpaired) electrons. The van der Waals surface area contributed by atoms with Gasteiger partial charge in [-0.3, -0.25) is 10.1 Å². The average molecular weight is 446 g/mol. The molecule has 0 fully saturated rings. The lowest BCUT2D eigenvalue weighted by Crippen LogP contribution is -2.12. The van der Waals surface area contributed by atoms with Crippen LogP contribution in [0.4, 0.5) is 34.1 Å². The first-order valence-electron chi connectivity index (χ1n) is 11.0. The van der Waals surface area contributed by atoms with E-state index in [9.17, 15) is 10.1 Å². The van der Waals surface area contributed by atoms with E-state index < -0.39 is 0 Å². The van der Waals surface area contributed by atoms with Gasteiger partial charge >= 0.3 is 0 Å². The van der Waals surface area contributed by atoms with Crippen molar-refractivity contribution >= 4 is 44.9 Å². The number of hydrogen-bond donors (Lipinski definition) is 0. The topological polar surface area (TPSA) is 49.6 Å². The fourth-order valence-electron chi connectivity index (χ4n) is 4.20. The Kier molecular flexibility index (Phi) is 5.67. The third-order valence-corrected chi connectivity index (χ3v) is 5.94. The second-order valence-corrected chi connectivity index (χ2v) is 8.02. The first-order valence-corrected chi connectivity index (χ1v) is 11.0. The molecule has 0 spiro atoms. The van der Waals surface area contributed by atoms with E-state index in [1.165, 1.54) is 16.8 Å². The molecule has 0 N–H and O–H groups in total. The van der Waals surface area contributed by atoms with Gasteiger partial charge in [0, 0.05) is 47.3 Å². The van der Waals surface area contributed by atoms with Gasteiger partial charge in [0.25, 0.3) is 5.69 Å². The van der Waals surface area contributed by atoms with Gasteiger partial charge in [0.2, 0.25) is 0 Å². The van der Waals surface area contributed by atoms with Gasteiger partial charge in [-0.1, -0.05) is 60.7 Å². The molecule has 0 saturated carbocycles. The minimum absolute atomic E-state index is 0.0761. The first kappa shape index (κ1) is 21.2. The lowest BCUT2D eigenvalue weighted by molar-refractivity contribution is -0.384. The highest BCUT2D eigenvalue weighted by Gasteiger charge is 2.16. The average Bonchev–Trinajstić information content (AvgIpc) is 2.90. The molecule has 0 unspecified atom stereocenters. The van der Waals surface area contributed by atoms with Crippen LogP contribution in [-0.2, 0) is 0 Å². The Bertz CT molecular complexity index is 1440. The van der Waals surface area contributed by atoms with E-state index in [-0.39, 0.29) is 10.6 Å². The van der Waals surface area contributed by atoms with Crippen LogP contribution in [0.1, 0.15) is 0 Å². The van der Waals surface area contributed by atoms with Crippen molar-refractivity contribution in [2.75, 3.05) is 16.8 Å². The molecule has 5 rings (SSSR count). The lowest BCUT2D eigenvalue weighted by atomic mass is 10.1. The van der Waals surface area contributed by atoms with Crippen molar-refractivity contribution in [3.05, 3.63) is 131 Å². The van der Waals surface area contributed by atoms with E-state index >= 15 is 0 Å². The van der Waals surface area contributed by atoms with Gasteiger partial charge in [0.1, 0.15) is 0 Å². The van der Waals surface area contributed by atoms with Crippen molar-refractivity contribution in [3.8, 4) is 0 Å². The quantitative estimate of drug-likeness (QED) is 0.196. The van der Waals surface area contributed by atoms with Crippen LogP contribution in [0.3, 0.4) is 0 Å². The highest BCUT2D eigenvalue weighted by molar-refractivity contribution is 5.98. The van der Waals surface area contributed by atoms with Crippen LogP contribution < -0.4 is 9.80 Å². The number of para-hydroxylation sites is 1. The number of non-ortho nitro benzene ring substituents is 1. The smallest absolute Gasteiger partial charge is 0.271 e. The summed E-state index contributed by atoms with van der Waals surface area (Å²) in [6.07, 6.45) is 0. The maximum Gasteiger partial charge on any atom is 0.271 e. The first-order chi connectivity index (χ1) is 16.6. The van der Waals surface area contributed by atoms with Crippen LogP contribution in [0.15, 0.2) is 121 Å². The summed E-state index contributed by atoms with van der Waals surface area (Å²) in [6, 6.07) is 39.9. The van der Waals surface area contributed by atoms with Crippen LogP contribution in [-0.4, -0.2) is 12.0 Å². The lowest BCUT2D eigenvalue weighted by Gasteiger charge is -2.27. The summed E-state index contributed by atoms with van der Waals surface area (Å²) in [5, 5.41) is 13.5. The number of nitro benzene ring substituents is 1. The molecule has 5 aromatic rings. The van der Waals surface area contributed by atoms with Crippen molar-refractivity contribution in [2.24, 2.45) is 0 Å². The minimum atomic E-state index is -0.373. The van der Waals surface area contributed by atoms with Crippen LogP contribution in [0.5, 0.6) is 0 Å². The predicted molar refractivity (Wildman–Crippen MR) is 140 cm³/mol. The van der Waals surface area contributed by atoms with E-state index in [0.717, 1.165) is 28.4 Å². The minimum Gasteiger partial charge on any atom is -0.344 e. The van der Waals surface area contributed by atoms with Crippen LogP contribution in [0.2, 0.25) is 0 Å². The van der Waals surface area contributed by atoms with Crippen molar-refractivity contribution in [1.82, 2.24) is 0 Å². The molecule has 5 heteroatoms. The third-order valence-electron chi connectivity index (χ3n) is 5.94. The van der Waals surface area contributed by atoms with Crippen LogP contribution >= 0.6 is 0 Å².